The van der Waals surface area contributed by atoms with Crippen molar-refractivity contribution >= 4 is 23.6 Å². The fourth-order valence-corrected chi connectivity index (χ4v) is 3.39. The van der Waals surface area contributed by atoms with Gasteiger partial charge in [0.15, 0.2) is 0 Å². The van der Waals surface area contributed by atoms with Crippen LogP contribution >= 0.6 is 11.6 Å². The van der Waals surface area contributed by atoms with E-state index in [1.165, 1.54) is 0 Å². The normalized spacial score (nSPS) is 29.1. The van der Waals surface area contributed by atoms with E-state index in [1.54, 1.807) is 6.08 Å². The Morgan fingerprint density at radius 2 is 2.00 bits per heavy atom. The van der Waals surface area contributed by atoms with E-state index in [-0.39, 0.29) is 17.9 Å². The molecule has 4 heteroatoms. The molecular formula is C16H18ClNO2. The molecule has 1 aliphatic heterocycles. The van der Waals surface area contributed by atoms with Gasteiger partial charge in [0.25, 0.3) is 0 Å². The molecule has 1 aliphatic carbocycles. The third kappa shape index (κ3) is 2.74. The minimum Gasteiger partial charge on any atom is -0.393 e. The van der Waals surface area contributed by atoms with Crippen LogP contribution in [-0.4, -0.2) is 35.1 Å². The molecule has 3 unspecified atom stereocenters. The Hall–Kier alpha value is -1.32. The number of hydrogen-bond donors (Lipinski definition) is 1. The van der Waals surface area contributed by atoms with Crippen LogP contribution in [0.3, 0.4) is 0 Å². The molecule has 1 amide bonds. The summed E-state index contributed by atoms with van der Waals surface area (Å²) in [5.41, 5.74) is 0.960. The number of benzene rings is 1. The summed E-state index contributed by atoms with van der Waals surface area (Å²) in [6, 6.07) is 7.38. The molecule has 1 aromatic carbocycles. The van der Waals surface area contributed by atoms with E-state index in [4.69, 9.17) is 11.6 Å². The molecule has 3 atom stereocenters. The fourth-order valence-electron chi connectivity index (χ4n) is 3.26. The second kappa shape index (κ2) is 5.58. The number of nitrogens with zero attached hydrogens (tertiary/aromatic N) is 1. The number of aliphatic hydroxyl groups is 1. The Labute approximate surface area is 123 Å². The van der Waals surface area contributed by atoms with E-state index in [0.717, 1.165) is 24.9 Å². The van der Waals surface area contributed by atoms with Crippen molar-refractivity contribution < 1.29 is 9.90 Å². The van der Waals surface area contributed by atoms with E-state index in [1.807, 2.05) is 35.2 Å². The van der Waals surface area contributed by atoms with Gasteiger partial charge >= 0.3 is 0 Å². The highest BCUT2D eigenvalue weighted by molar-refractivity contribution is 6.30. The molecule has 3 rings (SSSR count). The summed E-state index contributed by atoms with van der Waals surface area (Å²) in [5, 5.41) is 10.6. The molecule has 1 saturated heterocycles. The lowest BCUT2D eigenvalue weighted by Gasteiger charge is -2.16. The van der Waals surface area contributed by atoms with Gasteiger partial charge in [-0.05, 0) is 42.5 Å². The van der Waals surface area contributed by atoms with Crippen LogP contribution in [0.5, 0.6) is 0 Å². The summed E-state index contributed by atoms with van der Waals surface area (Å²) in [6.45, 7) is 1.47. The number of carbonyl (C=O) groups is 1. The van der Waals surface area contributed by atoms with Crippen LogP contribution in [0.25, 0.3) is 6.08 Å². The molecule has 0 bridgehead atoms. The van der Waals surface area contributed by atoms with Gasteiger partial charge in [0, 0.05) is 30.1 Å². The number of fused-ring (bicyclic) bond motifs is 1. The van der Waals surface area contributed by atoms with E-state index in [2.05, 4.69) is 0 Å². The average molecular weight is 292 g/mol. The van der Waals surface area contributed by atoms with E-state index < -0.39 is 0 Å². The molecule has 3 nitrogen and oxygen atoms in total. The summed E-state index contributed by atoms with van der Waals surface area (Å²) in [7, 11) is 0. The monoisotopic (exact) mass is 291 g/mol. The van der Waals surface area contributed by atoms with Crippen LogP contribution in [0.1, 0.15) is 18.4 Å². The maximum Gasteiger partial charge on any atom is 0.246 e. The second-order valence-electron chi connectivity index (χ2n) is 5.70. The number of likely N-dealkylation sites (tertiary alicyclic amines) is 1. The molecule has 1 heterocycles. The van der Waals surface area contributed by atoms with Crippen molar-refractivity contribution in [1.29, 1.82) is 0 Å². The zero-order valence-electron chi connectivity index (χ0n) is 11.2. The summed E-state index contributed by atoms with van der Waals surface area (Å²) >= 11 is 5.82. The maximum absolute atomic E-state index is 12.2. The van der Waals surface area contributed by atoms with Crippen LogP contribution in [0, 0.1) is 11.8 Å². The molecule has 0 spiro atoms. The Bertz CT molecular complexity index is 526. The molecule has 1 saturated carbocycles. The van der Waals surface area contributed by atoms with E-state index >= 15 is 0 Å². The van der Waals surface area contributed by atoms with Crippen molar-refractivity contribution in [3.8, 4) is 0 Å². The van der Waals surface area contributed by atoms with Gasteiger partial charge in [0.2, 0.25) is 5.91 Å². The number of carbonyl (C=O) groups excluding carboxylic acids is 1. The van der Waals surface area contributed by atoms with Crippen LogP contribution in [0.15, 0.2) is 30.3 Å². The zero-order chi connectivity index (χ0) is 14.1. The second-order valence-corrected chi connectivity index (χ2v) is 6.13. The molecule has 2 fully saturated rings. The third-order valence-corrected chi connectivity index (χ3v) is 4.67. The van der Waals surface area contributed by atoms with Gasteiger partial charge in [0.1, 0.15) is 0 Å². The Morgan fingerprint density at radius 1 is 1.25 bits per heavy atom. The van der Waals surface area contributed by atoms with Gasteiger partial charge in [-0.1, -0.05) is 23.7 Å². The highest BCUT2D eigenvalue weighted by atomic mass is 35.5. The van der Waals surface area contributed by atoms with Gasteiger partial charge in [0.05, 0.1) is 6.10 Å². The van der Waals surface area contributed by atoms with Crippen molar-refractivity contribution in [3.63, 3.8) is 0 Å². The highest BCUT2D eigenvalue weighted by Crippen LogP contribution is 2.38. The van der Waals surface area contributed by atoms with Crippen LogP contribution in [-0.2, 0) is 4.79 Å². The number of aliphatic hydroxyl groups excluding tert-OH is 1. The highest BCUT2D eigenvalue weighted by Gasteiger charge is 2.42. The Balaban J connectivity index is 1.61. The van der Waals surface area contributed by atoms with Crippen molar-refractivity contribution in [2.75, 3.05) is 13.1 Å². The number of rotatable bonds is 2. The molecule has 2 aliphatic rings. The first-order valence-corrected chi connectivity index (χ1v) is 7.42. The Kier molecular flexibility index (Phi) is 3.81. The van der Waals surface area contributed by atoms with Crippen molar-refractivity contribution in [3.05, 3.63) is 40.9 Å². The fraction of sp³-hybridized carbons (Fsp3) is 0.438. The Morgan fingerprint density at radius 3 is 2.70 bits per heavy atom. The van der Waals surface area contributed by atoms with Crippen molar-refractivity contribution in [2.45, 2.75) is 18.9 Å². The van der Waals surface area contributed by atoms with Crippen LogP contribution in [0.4, 0.5) is 0 Å². The van der Waals surface area contributed by atoms with Crippen molar-refractivity contribution in [2.24, 2.45) is 11.8 Å². The lowest BCUT2D eigenvalue weighted by molar-refractivity contribution is -0.125. The average Bonchev–Trinajstić information content (AvgIpc) is 3.01. The first-order chi connectivity index (χ1) is 9.63. The first kappa shape index (κ1) is 13.7. The predicted molar refractivity (Wildman–Crippen MR) is 79.3 cm³/mol. The minimum absolute atomic E-state index is 0.0292. The smallest absolute Gasteiger partial charge is 0.246 e. The topological polar surface area (TPSA) is 40.5 Å². The SMILES string of the molecule is O=C(/C=C/c1ccc(Cl)cc1)N1CC2CCC(O)C2C1. The summed E-state index contributed by atoms with van der Waals surface area (Å²) in [4.78, 5) is 14.0. The van der Waals surface area contributed by atoms with Crippen LogP contribution in [0.2, 0.25) is 5.02 Å². The van der Waals surface area contributed by atoms with E-state index in [9.17, 15) is 9.90 Å². The molecular weight excluding hydrogens is 274 g/mol. The van der Waals surface area contributed by atoms with Gasteiger partial charge < -0.3 is 10.0 Å². The van der Waals surface area contributed by atoms with Gasteiger partial charge in [-0.15, -0.1) is 0 Å². The predicted octanol–water partition coefficient (Wildman–Crippen LogP) is 2.58. The largest absolute Gasteiger partial charge is 0.393 e. The first-order valence-electron chi connectivity index (χ1n) is 7.04. The van der Waals surface area contributed by atoms with Gasteiger partial charge in [-0.25, -0.2) is 0 Å². The molecule has 106 valence electrons. The van der Waals surface area contributed by atoms with Crippen LogP contribution < -0.4 is 0 Å². The molecule has 1 N–H and O–H groups in total. The van der Waals surface area contributed by atoms with Crippen molar-refractivity contribution in [1.82, 2.24) is 4.90 Å². The third-order valence-electron chi connectivity index (χ3n) is 4.42. The zero-order valence-corrected chi connectivity index (χ0v) is 12.0. The summed E-state index contributed by atoms with van der Waals surface area (Å²) < 4.78 is 0. The number of halogens is 1. The lowest BCUT2D eigenvalue weighted by atomic mass is 10.00. The molecule has 0 aromatic heterocycles. The summed E-state index contributed by atoms with van der Waals surface area (Å²) in [6.07, 6.45) is 5.12. The standard InChI is InChI=1S/C16H18ClNO2/c17-13-5-1-11(2-6-13)3-8-16(20)18-9-12-4-7-15(19)14(12)10-18/h1-3,5-6,8,12,14-15,19H,4,7,9-10H2/b8-3+. The summed E-state index contributed by atoms with van der Waals surface area (Å²) in [5.74, 6) is 0.794. The number of hydrogen-bond acceptors (Lipinski definition) is 2. The number of amides is 1. The molecule has 20 heavy (non-hydrogen) atoms. The van der Waals surface area contributed by atoms with Gasteiger partial charge in [-0.2, -0.15) is 0 Å². The van der Waals surface area contributed by atoms with Gasteiger partial charge in [-0.3, -0.25) is 4.79 Å². The maximum atomic E-state index is 12.2. The molecule has 0 radical (unpaired) electrons. The minimum atomic E-state index is -0.224. The molecule has 1 aromatic rings. The lowest BCUT2D eigenvalue weighted by Crippen LogP contribution is -2.29. The quantitative estimate of drug-likeness (QED) is 0.851. The van der Waals surface area contributed by atoms with E-state index in [0.29, 0.717) is 17.5 Å².